The van der Waals surface area contributed by atoms with E-state index in [4.69, 9.17) is 10.5 Å². The molecule has 0 aliphatic rings. The first kappa shape index (κ1) is 22.6. The lowest BCUT2D eigenvalue weighted by atomic mass is 10.1. The number of rotatable bonds is 8. The Kier molecular flexibility index (Phi) is 6.57. The fraction of sp³-hybridized carbons (Fsp3) is 0.182. The molecule has 4 aromatic rings. The number of nitrogens with two attached hydrogens (primary N) is 1. The number of anilines is 1. The van der Waals surface area contributed by atoms with E-state index in [1.165, 1.54) is 23.0 Å². The summed E-state index contributed by atoms with van der Waals surface area (Å²) in [6, 6.07) is 13.2. The van der Waals surface area contributed by atoms with Crippen molar-refractivity contribution in [1.29, 1.82) is 0 Å². The van der Waals surface area contributed by atoms with Crippen molar-refractivity contribution in [1.82, 2.24) is 30.7 Å². The Balaban J connectivity index is 1.47. The molecule has 4 rings (SSSR count). The standard InChI is InChI=1S/C22H21FN8O3/c1-13(2)19-18(26-30-31(19)21-20(24)28-34-29-21)22(32)27-25-11-15-5-3-4-6-17(15)33-12-14-7-9-16(23)10-8-14/h3-11,13H,12H2,1-2H3,(H2,24,28)(H,27,32)/b25-11+. The van der Waals surface area contributed by atoms with Crippen molar-refractivity contribution in [3.05, 3.63) is 76.9 Å². The largest absolute Gasteiger partial charge is 0.488 e. The van der Waals surface area contributed by atoms with Gasteiger partial charge >= 0.3 is 0 Å². The summed E-state index contributed by atoms with van der Waals surface area (Å²) in [5.41, 5.74) is 10.2. The molecule has 0 saturated heterocycles. The highest BCUT2D eigenvalue weighted by atomic mass is 19.1. The van der Waals surface area contributed by atoms with E-state index < -0.39 is 5.91 Å². The number of hydrogen-bond donors (Lipinski definition) is 2. The number of amides is 1. The van der Waals surface area contributed by atoms with Crippen molar-refractivity contribution in [3.63, 3.8) is 0 Å². The predicted octanol–water partition coefficient (Wildman–Crippen LogP) is 2.84. The number of para-hydroxylation sites is 1. The lowest BCUT2D eigenvalue weighted by Crippen LogP contribution is -2.21. The van der Waals surface area contributed by atoms with Crippen LogP contribution in [0.5, 0.6) is 5.75 Å². The maximum atomic E-state index is 13.1. The highest BCUT2D eigenvalue weighted by molar-refractivity contribution is 5.94. The van der Waals surface area contributed by atoms with Crippen LogP contribution in [0.15, 0.2) is 58.3 Å². The van der Waals surface area contributed by atoms with E-state index in [-0.39, 0.29) is 35.7 Å². The van der Waals surface area contributed by atoms with Crippen LogP contribution in [0.25, 0.3) is 5.82 Å². The van der Waals surface area contributed by atoms with Gasteiger partial charge in [0.15, 0.2) is 5.69 Å². The van der Waals surface area contributed by atoms with Crippen LogP contribution in [0.3, 0.4) is 0 Å². The average Bonchev–Trinajstić information content (AvgIpc) is 3.45. The van der Waals surface area contributed by atoms with Crippen molar-refractivity contribution in [2.45, 2.75) is 26.4 Å². The van der Waals surface area contributed by atoms with Gasteiger partial charge in [-0.05, 0) is 46.1 Å². The zero-order valence-corrected chi connectivity index (χ0v) is 18.3. The van der Waals surface area contributed by atoms with Gasteiger partial charge in [0, 0.05) is 5.56 Å². The molecule has 0 atom stereocenters. The fourth-order valence-corrected chi connectivity index (χ4v) is 3.14. The van der Waals surface area contributed by atoms with E-state index in [1.807, 2.05) is 26.0 Å². The van der Waals surface area contributed by atoms with Crippen LogP contribution in [-0.4, -0.2) is 37.4 Å². The summed E-state index contributed by atoms with van der Waals surface area (Å²) in [7, 11) is 0. The molecule has 11 nitrogen and oxygen atoms in total. The number of carbonyl (C=O) groups excluding carboxylic acids is 1. The molecule has 0 spiro atoms. The molecule has 2 aromatic carbocycles. The minimum atomic E-state index is -0.564. The Morgan fingerprint density at radius 2 is 2.00 bits per heavy atom. The molecule has 0 radical (unpaired) electrons. The number of hydrogen-bond acceptors (Lipinski definition) is 9. The van der Waals surface area contributed by atoms with Gasteiger partial charge in [-0.3, -0.25) is 4.79 Å². The summed E-state index contributed by atoms with van der Waals surface area (Å²) in [6.07, 6.45) is 1.46. The number of aromatic nitrogens is 5. The molecule has 0 fully saturated rings. The van der Waals surface area contributed by atoms with E-state index in [9.17, 15) is 9.18 Å². The Morgan fingerprint density at radius 1 is 1.24 bits per heavy atom. The molecule has 0 saturated carbocycles. The molecular weight excluding hydrogens is 443 g/mol. The van der Waals surface area contributed by atoms with Crippen LogP contribution in [0.2, 0.25) is 0 Å². The van der Waals surface area contributed by atoms with Gasteiger partial charge in [-0.25, -0.2) is 14.4 Å². The average molecular weight is 464 g/mol. The van der Waals surface area contributed by atoms with Crippen LogP contribution in [-0.2, 0) is 6.61 Å². The Morgan fingerprint density at radius 3 is 2.71 bits per heavy atom. The van der Waals surface area contributed by atoms with Gasteiger partial charge < -0.3 is 10.5 Å². The van der Waals surface area contributed by atoms with Crippen LogP contribution in [0, 0.1) is 5.82 Å². The molecule has 1 amide bonds. The van der Waals surface area contributed by atoms with Crippen LogP contribution >= 0.6 is 0 Å². The zero-order chi connectivity index (χ0) is 24.1. The Hall–Kier alpha value is -4.61. The maximum Gasteiger partial charge on any atom is 0.293 e. The van der Waals surface area contributed by atoms with E-state index in [2.05, 4.69) is 35.8 Å². The number of carbonyl (C=O) groups is 1. The van der Waals surface area contributed by atoms with Crippen molar-refractivity contribution in [3.8, 4) is 11.6 Å². The topological polar surface area (TPSA) is 146 Å². The van der Waals surface area contributed by atoms with Crippen molar-refractivity contribution in [2.24, 2.45) is 5.10 Å². The van der Waals surface area contributed by atoms with Gasteiger partial charge in [-0.1, -0.05) is 43.3 Å². The molecule has 12 heteroatoms. The SMILES string of the molecule is CC(C)c1c(C(=O)N/N=C/c2ccccc2OCc2ccc(F)cc2)nnn1-c1nonc1N. The molecule has 0 unspecified atom stereocenters. The monoisotopic (exact) mass is 464 g/mol. The van der Waals surface area contributed by atoms with E-state index >= 15 is 0 Å². The molecule has 174 valence electrons. The quantitative estimate of drug-likeness (QED) is 0.299. The van der Waals surface area contributed by atoms with Crippen LogP contribution in [0.4, 0.5) is 10.2 Å². The second-order valence-electron chi connectivity index (χ2n) is 7.51. The van der Waals surface area contributed by atoms with Crippen LogP contribution < -0.4 is 15.9 Å². The Labute approximate surface area is 193 Å². The van der Waals surface area contributed by atoms with Gasteiger partial charge in [0.2, 0.25) is 11.6 Å². The summed E-state index contributed by atoms with van der Waals surface area (Å²) >= 11 is 0. The number of hydrazone groups is 1. The summed E-state index contributed by atoms with van der Waals surface area (Å²) < 4.78 is 24.8. The van der Waals surface area contributed by atoms with E-state index in [1.54, 1.807) is 24.3 Å². The fourth-order valence-electron chi connectivity index (χ4n) is 3.14. The normalized spacial score (nSPS) is 11.3. The number of benzene rings is 2. The maximum absolute atomic E-state index is 13.1. The third-order valence-electron chi connectivity index (χ3n) is 4.76. The molecule has 3 N–H and O–H groups in total. The number of halogens is 1. The first-order valence-corrected chi connectivity index (χ1v) is 10.3. The third-order valence-corrected chi connectivity index (χ3v) is 4.76. The molecule has 0 bridgehead atoms. The number of nitrogens with zero attached hydrogens (tertiary/aromatic N) is 6. The highest BCUT2D eigenvalue weighted by Crippen LogP contribution is 2.23. The minimum absolute atomic E-state index is 0.0222. The highest BCUT2D eigenvalue weighted by Gasteiger charge is 2.25. The van der Waals surface area contributed by atoms with E-state index in [0.717, 1.165) is 5.56 Å². The van der Waals surface area contributed by atoms with Gasteiger partial charge in [-0.15, -0.1) is 5.10 Å². The van der Waals surface area contributed by atoms with Gasteiger partial charge in [0.25, 0.3) is 5.91 Å². The smallest absolute Gasteiger partial charge is 0.293 e. The van der Waals surface area contributed by atoms with Gasteiger partial charge in [-0.2, -0.15) is 9.78 Å². The number of ether oxygens (including phenoxy) is 1. The first-order valence-electron chi connectivity index (χ1n) is 10.3. The number of nitrogens with one attached hydrogen (secondary N) is 1. The molecular formula is C22H21FN8O3. The lowest BCUT2D eigenvalue weighted by molar-refractivity contribution is 0.0948. The first-order chi connectivity index (χ1) is 16.4. The molecule has 0 aliphatic heterocycles. The van der Waals surface area contributed by atoms with Crippen molar-refractivity contribution < 1.29 is 18.6 Å². The molecule has 2 heterocycles. The predicted molar refractivity (Wildman–Crippen MR) is 120 cm³/mol. The summed E-state index contributed by atoms with van der Waals surface area (Å²) in [6.45, 7) is 3.99. The second-order valence-corrected chi connectivity index (χ2v) is 7.51. The summed E-state index contributed by atoms with van der Waals surface area (Å²) in [5.74, 6) is -0.302. The van der Waals surface area contributed by atoms with Crippen molar-refractivity contribution in [2.75, 3.05) is 5.73 Å². The summed E-state index contributed by atoms with van der Waals surface area (Å²) in [4.78, 5) is 12.8. The van der Waals surface area contributed by atoms with Gasteiger partial charge in [0.1, 0.15) is 18.2 Å². The zero-order valence-electron chi connectivity index (χ0n) is 18.3. The Bertz CT molecular complexity index is 1310. The lowest BCUT2D eigenvalue weighted by Gasteiger charge is -2.09. The molecule has 34 heavy (non-hydrogen) atoms. The van der Waals surface area contributed by atoms with Gasteiger partial charge in [0.05, 0.1) is 11.9 Å². The minimum Gasteiger partial charge on any atom is -0.488 e. The van der Waals surface area contributed by atoms with Crippen molar-refractivity contribution >= 4 is 17.9 Å². The van der Waals surface area contributed by atoms with Crippen LogP contribution in [0.1, 0.15) is 47.1 Å². The summed E-state index contributed by atoms with van der Waals surface area (Å²) in [5, 5.41) is 19.2. The van der Waals surface area contributed by atoms with E-state index in [0.29, 0.717) is 17.0 Å². The molecule has 2 aromatic heterocycles. The third kappa shape index (κ3) is 4.90. The number of nitrogen functional groups attached to an aromatic ring is 1. The molecule has 0 aliphatic carbocycles. The second kappa shape index (κ2) is 9.90.